The molecule has 0 aliphatic carbocycles. The maximum absolute atomic E-state index is 12.0. The van der Waals surface area contributed by atoms with E-state index in [0.29, 0.717) is 6.67 Å². The van der Waals surface area contributed by atoms with Gasteiger partial charge in [-0.25, -0.2) is 0 Å². The summed E-state index contributed by atoms with van der Waals surface area (Å²) in [5.41, 5.74) is 1.06. The fraction of sp³-hybridized carbons (Fsp3) is 0.400. The largest absolute Gasteiger partial charge is 0.295 e. The van der Waals surface area contributed by atoms with Crippen molar-refractivity contribution in [2.24, 2.45) is 0 Å². The van der Waals surface area contributed by atoms with Crippen molar-refractivity contribution < 1.29 is 4.92 Å². The predicted octanol–water partition coefficient (Wildman–Crippen LogP) is 2.78. The summed E-state index contributed by atoms with van der Waals surface area (Å²) in [5.74, 6) is 0. The fourth-order valence-corrected chi connectivity index (χ4v) is 3.96. The van der Waals surface area contributed by atoms with E-state index in [1.54, 1.807) is 11.3 Å². The van der Waals surface area contributed by atoms with Crippen LogP contribution in [-0.2, 0) is 13.1 Å². The van der Waals surface area contributed by atoms with Crippen molar-refractivity contribution in [3.8, 4) is 0 Å². The van der Waals surface area contributed by atoms with E-state index in [2.05, 4.69) is 23.3 Å². The Morgan fingerprint density at radius 3 is 2.95 bits per heavy atom. The lowest BCUT2D eigenvalue weighted by atomic mass is 9.98. The van der Waals surface area contributed by atoms with Crippen LogP contribution >= 0.6 is 11.3 Å². The van der Waals surface area contributed by atoms with E-state index in [0.717, 1.165) is 19.4 Å². The zero-order chi connectivity index (χ0) is 15.7. The van der Waals surface area contributed by atoms with Gasteiger partial charge in [-0.2, -0.15) is 0 Å². The van der Waals surface area contributed by atoms with E-state index in [4.69, 9.17) is 0 Å². The van der Waals surface area contributed by atoms with Crippen LogP contribution in [-0.4, -0.2) is 20.9 Å². The molecule has 1 atom stereocenters. The first-order valence-corrected chi connectivity index (χ1v) is 8.13. The summed E-state index contributed by atoms with van der Waals surface area (Å²) in [6.45, 7) is 3.37. The molecular formula is C15H17N3O3S. The highest BCUT2D eigenvalue weighted by Crippen LogP contribution is 2.35. The summed E-state index contributed by atoms with van der Waals surface area (Å²) >= 11 is 1.78. The molecule has 3 rings (SSSR count). The number of nitro groups is 1. The number of hydrogen-bond donors (Lipinski definition) is 0. The molecule has 0 amide bonds. The molecule has 0 saturated heterocycles. The molecule has 0 aromatic carbocycles. The van der Waals surface area contributed by atoms with Gasteiger partial charge in [0, 0.05) is 29.6 Å². The van der Waals surface area contributed by atoms with E-state index < -0.39 is 4.92 Å². The van der Waals surface area contributed by atoms with Crippen molar-refractivity contribution in [1.82, 2.24) is 9.47 Å². The van der Waals surface area contributed by atoms with Crippen molar-refractivity contribution in [2.75, 3.05) is 6.54 Å². The Bertz CT molecular complexity index is 752. The van der Waals surface area contributed by atoms with Crippen LogP contribution in [0.5, 0.6) is 0 Å². The Labute approximate surface area is 131 Å². The number of aromatic nitrogens is 1. The lowest BCUT2D eigenvalue weighted by molar-refractivity contribution is -0.385. The Morgan fingerprint density at radius 1 is 1.41 bits per heavy atom. The van der Waals surface area contributed by atoms with Crippen LogP contribution in [0.25, 0.3) is 0 Å². The van der Waals surface area contributed by atoms with Crippen LogP contribution in [0.15, 0.2) is 34.6 Å². The quantitative estimate of drug-likeness (QED) is 0.642. The third-order valence-electron chi connectivity index (χ3n) is 4.11. The van der Waals surface area contributed by atoms with Crippen molar-refractivity contribution in [1.29, 1.82) is 0 Å². The van der Waals surface area contributed by atoms with Gasteiger partial charge in [0.1, 0.15) is 0 Å². The maximum atomic E-state index is 12.0. The van der Waals surface area contributed by atoms with Crippen LogP contribution in [0.4, 0.5) is 5.69 Å². The van der Waals surface area contributed by atoms with E-state index >= 15 is 0 Å². The van der Waals surface area contributed by atoms with Crippen LogP contribution in [0.1, 0.15) is 29.8 Å². The third kappa shape index (κ3) is 2.69. The SMILES string of the molecule is CC[C@@H]1c2ccsc2CCN1Cn1cc([N+](=O)[O-])ccc1=O. The van der Waals surface area contributed by atoms with Crippen LogP contribution < -0.4 is 5.56 Å². The lowest BCUT2D eigenvalue weighted by Crippen LogP contribution is -2.38. The second-order valence-electron chi connectivity index (χ2n) is 5.38. The van der Waals surface area contributed by atoms with Gasteiger partial charge in [-0.1, -0.05) is 6.92 Å². The first-order valence-electron chi connectivity index (χ1n) is 7.25. The van der Waals surface area contributed by atoms with Gasteiger partial charge in [0.25, 0.3) is 11.2 Å². The maximum Gasteiger partial charge on any atom is 0.285 e. The van der Waals surface area contributed by atoms with Crippen molar-refractivity contribution in [2.45, 2.75) is 32.5 Å². The molecule has 0 fully saturated rings. The molecule has 0 radical (unpaired) electrons. The highest BCUT2D eigenvalue weighted by atomic mass is 32.1. The van der Waals surface area contributed by atoms with Crippen LogP contribution in [0.3, 0.4) is 0 Å². The number of hydrogen-bond acceptors (Lipinski definition) is 5. The zero-order valence-corrected chi connectivity index (χ0v) is 13.1. The molecule has 3 heterocycles. The number of pyridine rings is 1. The Balaban J connectivity index is 1.89. The van der Waals surface area contributed by atoms with Gasteiger partial charge in [0.05, 0.1) is 17.8 Å². The van der Waals surface area contributed by atoms with Gasteiger partial charge >= 0.3 is 0 Å². The molecule has 0 bridgehead atoms. The minimum absolute atomic E-state index is 0.0547. The third-order valence-corrected chi connectivity index (χ3v) is 5.10. The van der Waals surface area contributed by atoms with Gasteiger partial charge < -0.3 is 0 Å². The molecule has 0 spiro atoms. The monoisotopic (exact) mass is 319 g/mol. The van der Waals surface area contributed by atoms with Crippen LogP contribution in [0.2, 0.25) is 0 Å². The molecule has 1 aliphatic heterocycles. The molecule has 6 nitrogen and oxygen atoms in total. The summed E-state index contributed by atoms with van der Waals surface area (Å²) in [7, 11) is 0. The number of rotatable bonds is 4. The first-order chi connectivity index (χ1) is 10.6. The minimum Gasteiger partial charge on any atom is -0.295 e. The number of thiophene rings is 1. The Morgan fingerprint density at radius 2 is 2.23 bits per heavy atom. The standard InChI is InChI=1S/C15H17N3O3S/c1-2-13-12-6-8-22-14(12)5-7-16(13)10-17-9-11(18(20)21)3-4-15(17)19/h3-4,6,8-9,13H,2,5,7,10H2,1H3/t13-/m1/s1. The molecule has 7 heteroatoms. The molecule has 0 unspecified atom stereocenters. The Hall–Kier alpha value is -1.99. The van der Waals surface area contributed by atoms with Gasteiger partial charge in [-0.05, 0) is 29.9 Å². The van der Waals surface area contributed by atoms with Crippen molar-refractivity contribution in [3.05, 3.63) is 60.7 Å². The molecule has 116 valence electrons. The topological polar surface area (TPSA) is 68.4 Å². The molecule has 2 aromatic rings. The van der Waals surface area contributed by atoms with E-state index in [1.165, 1.54) is 33.3 Å². The average Bonchev–Trinajstić information content (AvgIpc) is 2.97. The van der Waals surface area contributed by atoms with Gasteiger partial charge in [-0.15, -0.1) is 11.3 Å². The summed E-state index contributed by atoms with van der Waals surface area (Å²) in [4.78, 5) is 26.0. The number of fused-ring (bicyclic) bond motifs is 1. The van der Waals surface area contributed by atoms with Crippen molar-refractivity contribution >= 4 is 17.0 Å². The van der Waals surface area contributed by atoms with E-state index in [1.807, 2.05) is 0 Å². The second kappa shape index (κ2) is 6.02. The average molecular weight is 319 g/mol. The van der Waals surface area contributed by atoms with Crippen molar-refractivity contribution in [3.63, 3.8) is 0 Å². The van der Waals surface area contributed by atoms with Gasteiger partial charge in [0.2, 0.25) is 0 Å². The predicted molar refractivity (Wildman–Crippen MR) is 85.1 cm³/mol. The second-order valence-corrected chi connectivity index (χ2v) is 6.38. The smallest absolute Gasteiger partial charge is 0.285 e. The summed E-state index contributed by atoms with van der Waals surface area (Å²) in [6.07, 6.45) is 3.25. The zero-order valence-electron chi connectivity index (χ0n) is 12.3. The molecule has 2 aromatic heterocycles. The molecule has 0 saturated carbocycles. The highest BCUT2D eigenvalue weighted by molar-refractivity contribution is 7.10. The lowest BCUT2D eigenvalue weighted by Gasteiger charge is -2.35. The van der Waals surface area contributed by atoms with Gasteiger partial charge in [-0.3, -0.25) is 24.4 Å². The molecule has 0 N–H and O–H groups in total. The Kier molecular flexibility index (Phi) is 4.08. The fourth-order valence-electron chi connectivity index (χ4n) is 3.03. The summed E-state index contributed by atoms with van der Waals surface area (Å²) in [6, 6.07) is 4.93. The van der Waals surface area contributed by atoms with Crippen LogP contribution in [0, 0.1) is 10.1 Å². The van der Waals surface area contributed by atoms with E-state index in [-0.39, 0.29) is 17.3 Å². The number of nitrogens with zero attached hydrogens (tertiary/aromatic N) is 3. The normalized spacial score (nSPS) is 18.1. The summed E-state index contributed by atoms with van der Waals surface area (Å²) in [5, 5.41) is 13.0. The van der Waals surface area contributed by atoms with E-state index in [9.17, 15) is 14.9 Å². The first kappa shape index (κ1) is 14.9. The molecular weight excluding hydrogens is 302 g/mol. The van der Waals surface area contributed by atoms with Gasteiger partial charge in [0.15, 0.2) is 0 Å². The minimum atomic E-state index is -0.472. The summed E-state index contributed by atoms with van der Waals surface area (Å²) < 4.78 is 1.43. The molecule has 1 aliphatic rings. The molecule has 22 heavy (non-hydrogen) atoms. The highest BCUT2D eigenvalue weighted by Gasteiger charge is 2.27.